The molecule has 2 rings (SSSR count). The van der Waals surface area contributed by atoms with Gasteiger partial charge >= 0.3 is 0 Å². The van der Waals surface area contributed by atoms with Crippen LogP contribution in [-0.4, -0.2) is 28.0 Å². The van der Waals surface area contributed by atoms with Crippen molar-refractivity contribution in [3.63, 3.8) is 0 Å². The molecule has 4 nitrogen and oxygen atoms in total. The highest BCUT2D eigenvalue weighted by molar-refractivity contribution is 5.74. The Balaban J connectivity index is 2.41. The van der Waals surface area contributed by atoms with Gasteiger partial charge in [0.25, 0.3) is 0 Å². The average Bonchev–Trinajstić information content (AvgIpc) is 2.30. The van der Waals surface area contributed by atoms with Crippen LogP contribution in [0.15, 0.2) is 42.6 Å². The molecular formula is C12H11N3O. The largest absolute Gasteiger partial charge is 0.624 e. The van der Waals surface area contributed by atoms with Gasteiger partial charge in [-0.1, -0.05) is 12.1 Å². The second-order valence-electron chi connectivity index (χ2n) is 3.34. The molecule has 80 valence electrons. The molecular weight excluding hydrogens is 202 g/mol. The van der Waals surface area contributed by atoms with Gasteiger partial charge in [0.15, 0.2) is 6.21 Å². The van der Waals surface area contributed by atoms with Crippen LogP contribution in [0.5, 0.6) is 0 Å². The molecule has 0 aliphatic rings. The van der Waals surface area contributed by atoms with Crippen molar-refractivity contribution in [2.45, 2.75) is 0 Å². The van der Waals surface area contributed by atoms with Crippen molar-refractivity contribution < 1.29 is 4.74 Å². The van der Waals surface area contributed by atoms with Gasteiger partial charge in [-0.15, -0.1) is 0 Å². The molecule has 0 saturated heterocycles. The predicted molar refractivity (Wildman–Crippen MR) is 62.2 cm³/mol. The van der Waals surface area contributed by atoms with E-state index < -0.39 is 0 Å². The van der Waals surface area contributed by atoms with Crippen LogP contribution in [0.2, 0.25) is 0 Å². The molecule has 0 aromatic carbocycles. The second-order valence-corrected chi connectivity index (χ2v) is 3.34. The first kappa shape index (κ1) is 10.3. The molecule has 0 atom stereocenters. The maximum absolute atomic E-state index is 10.9. The number of pyridine rings is 2. The fourth-order valence-corrected chi connectivity index (χ4v) is 1.37. The van der Waals surface area contributed by atoms with Crippen LogP contribution in [0.3, 0.4) is 0 Å². The van der Waals surface area contributed by atoms with E-state index in [-0.39, 0.29) is 0 Å². The Kier molecular flexibility index (Phi) is 2.91. The topological polar surface area (TPSA) is 51.9 Å². The summed E-state index contributed by atoms with van der Waals surface area (Å²) in [5, 5.41) is 10.9. The van der Waals surface area contributed by atoms with Gasteiger partial charge in [0.05, 0.1) is 11.4 Å². The van der Waals surface area contributed by atoms with Crippen molar-refractivity contribution in [1.29, 1.82) is 0 Å². The van der Waals surface area contributed by atoms with Gasteiger partial charge in [-0.3, -0.25) is 4.98 Å². The fraction of sp³-hybridized carbons (Fsp3) is 0.0833. The molecule has 0 bridgehead atoms. The summed E-state index contributed by atoms with van der Waals surface area (Å²) in [7, 11) is 1.43. The van der Waals surface area contributed by atoms with E-state index in [2.05, 4.69) is 9.97 Å². The van der Waals surface area contributed by atoms with Crippen LogP contribution in [0.1, 0.15) is 5.69 Å². The normalized spacial score (nSPS) is 11.4. The minimum absolute atomic E-state index is 0.626. The summed E-state index contributed by atoms with van der Waals surface area (Å²) >= 11 is 0. The number of hydroxylamine groups is 1. The van der Waals surface area contributed by atoms with Crippen LogP contribution in [0.4, 0.5) is 0 Å². The zero-order chi connectivity index (χ0) is 11.4. The average molecular weight is 213 g/mol. The first-order valence-electron chi connectivity index (χ1n) is 4.89. The van der Waals surface area contributed by atoms with Crippen LogP contribution < -0.4 is 0 Å². The maximum atomic E-state index is 10.9. The molecule has 0 saturated carbocycles. The number of hydrogen-bond donors (Lipinski definition) is 0. The third-order valence-electron chi connectivity index (χ3n) is 2.01. The summed E-state index contributed by atoms with van der Waals surface area (Å²) in [6.45, 7) is 0. The lowest BCUT2D eigenvalue weighted by molar-refractivity contribution is -0.416. The van der Waals surface area contributed by atoms with Gasteiger partial charge in [0.2, 0.25) is 0 Å². The SMILES string of the molecule is C/[N+]([O-])=C/c1cccc(-c2ccccn2)n1. The van der Waals surface area contributed by atoms with E-state index in [9.17, 15) is 5.21 Å². The first-order valence-corrected chi connectivity index (χ1v) is 4.89. The Hall–Kier alpha value is -2.23. The monoisotopic (exact) mass is 213 g/mol. The van der Waals surface area contributed by atoms with E-state index >= 15 is 0 Å². The van der Waals surface area contributed by atoms with E-state index in [0.717, 1.165) is 16.1 Å². The number of aromatic nitrogens is 2. The molecule has 2 aromatic rings. The summed E-state index contributed by atoms with van der Waals surface area (Å²) in [6.07, 6.45) is 3.14. The third-order valence-corrected chi connectivity index (χ3v) is 2.01. The van der Waals surface area contributed by atoms with Crippen LogP contribution >= 0.6 is 0 Å². The molecule has 2 heterocycles. The van der Waals surface area contributed by atoms with Crippen LogP contribution in [0, 0.1) is 5.21 Å². The van der Waals surface area contributed by atoms with E-state index in [1.165, 1.54) is 13.3 Å². The fourth-order valence-electron chi connectivity index (χ4n) is 1.37. The Morgan fingerprint density at radius 1 is 1.12 bits per heavy atom. The minimum Gasteiger partial charge on any atom is -0.624 e. The number of hydrogen-bond acceptors (Lipinski definition) is 3. The molecule has 0 spiro atoms. The molecule has 16 heavy (non-hydrogen) atoms. The van der Waals surface area contributed by atoms with Crippen molar-refractivity contribution >= 4 is 6.21 Å². The molecule has 0 amide bonds. The predicted octanol–water partition coefficient (Wildman–Crippen LogP) is 1.70. The molecule has 0 aliphatic carbocycles. The summed E-state index contributed by atoms with van der Waals surface area (Å²) < 4.78 is 0.727. The van der Waals surface area contributed by atoms with Crippen molar-refractivity contribution in [1.82, 2.24) is 9.97 Å². The number of nitrogens with zero attached hydrogens (tertiary/aromatic N) is 3. The lowest BCUT2D eigenvalue weighted by Crippen LogP contribution is -2.00. The smallest absolute Gasteiger partial charge is 0.200 e. The Bertz CT molecular complexity index is 505. The Morgan fingerprint density at radius 3 is 2.62 bits per heavy atom. The van der Waals surface area contributed by atoms with E-state index in [1.54, 1.807) is 12.3 Å². The number of rotatable bonds is 2. The van der Waals surface area contributed by atoms with Gasteiger partial charge in [0.1, 0.15) is 12.7 Å². The van der Waals surface area contributed by atoms with Gasteiger partial charge in [-0.05, 0) is 24.3 Å². The maximum Gasteiger partial charge on any atom is 0.200 e. The molecule has 0 aliphatic heterocycles. The quantitative estimate of drug-likeness (QED) is 0.330. The summed E-state index contributed by atoms with van der Waals surface area (Å²) in [4.78, 5) is 8.52. The lowest BCUT2D eigenvalue weighted by Gasteiger charge is -2.00. The standard InChI is InChI=1S/C12H11N3O/c1-15(16)9-10-5-4-7-12(14-10)11-6-2-3-8-13-11/h2-9H,1H3/b15-9-. The van der Waals surface area contributed by atoms with Gasteiger partial charge in [-0.25, -0.2) is 9.72 Å². The zero-order valence-corrected chi connectivity index (χ0v) is 8.87. The van der Waals surface area contributed by atoms with Crippen LogP contribution in [-0.2, 0) is 0 Å². The second kappa shape index (κ2) is 4.53. The van der Waals surface area contributed by atoms with Gasteiger partial charge in [0, 0.05) is 6.20 Å². The highest BCUT2D eigenvalue weighted by Crippen LogP contribution is 2.12. The highest BCUT2D eigenvalue weighted by atomic mass is 16.5. The molecule has 0 radical (unpaired) electrons. The minimum atomic E-state index is 0.626. The summed E-state index contributed by atoms with van der Waals surface area (Å²) in [6, 6.07) is 11.1. The van der Waals surface area contributed by atoms with Crippen LogP contribution in [0.25, 0.3) is 11.4 Å². The Morgan fingerprint density at radius 2 is 1.94 bits per heavy atom. The third kappa shape index (κ3) is 2.42. The van der Waals surface area contributed by atoms with Crippen molar-refractivity contribution in [3.8, 4) is 11.4 Å². The van der Waals surface area contributed by atoms with E-state index in [0.29, 0.717) is 5.69 Å². The summed E-state index contributed by atoms with van der Waals surface area (Å²) in [5.74, 6) is 0. The van der Waals surface area contributed by atoms with E-state index in [1.807, 2.05) is 30.3 Å². The summed E-state index contributed by atoms with van der Waals surface area (Å²) in [5.41, 5.74) is 2.18. The molecule has 0 N–H and O–H groups in total. The van der Waals surface area contributed by atoms with E-state index in [4.69, 9.17) is 0 Å². The first-order chi connectivity index (χ1) is 7.75. The Labute approximate surface area is 93.5 Å². The molecule has 0 unspecified atom stereocenters. The zero-order valence-electron chi connectivity index (χ0n) is 8.87. The molecule has 4 heteroatoms. The molecule has 2 aromatic heterocycles. The van der Waals surface area contributed by atoms with Crippen molar-refractivity contribution in [2.24, 2.45) is 0 Å². The lowest BCUT2D eigenvalue weighted by atomic mass is 10.2. The highest BCUT2D eigenvalue weighted by Gasteiger charge is 2.01. The van der Waals surface area contributed by atoms with Crippen molar-refractivity contribution in [2.75, 3.05) is 7.05 Å². The van der Waals surface area contributed by atoms with Gasteiger partial charge < -0.3 is 5.21 Å². The molecule has 0 fully saturated rings. The van der Waals surface area contributed by atoms with Gasteiger partial charge in [-0.2, -0.15) is 0 Å². The van der Waals surface area contributed by atoms with Crippen molar-refractivity contribution in [3.05, 3.63) is 53.5 Å².